The van der Waals surface area contributed by atoms with Gasteiger partial charge in [0.2, 0.25) is 5.91 Å². The Balaban J connectivity index is 1.18. The number of carbonyl (C=O) groups is 1. The van der Waals surface area contributed by atoms with E-state index in [0.717, 1.165) is 53.6 Å². The van der Waals surface area contributed by atoms with Crippen LogP contribution in [0.2, 0.25) is 5.02 Å². The second kappa shape index (κ2) is 8.61. The molecule has 3 heterocycles. The molecule has 4 fully saturated rings. The zero-order valence-corrected chi connectivity index (χ0v) is 20.6. The maximum atomic E-state index is 13.4. The molecule has 1 aromatic heterocycles. The summed E-state index contributed by atoms with van der Waals surface area (Å²) in [4.78, 5) is 19.0. The topological polar surface area (TPSA) is 68.4 Å². The molecule has 2 saturated heterocycles. The summed E-state index contributed by atoms with van der Waals surface area (Å²) in [6.45, 7) is 2.14. The van der Waals surface area contributed by atoms with Crippen molar-refractivity contribution in [1.29, 1.82) is 0 Å². The highest BCUT2D eigenvalue weighted by atomic mass is 35.5. The first-order chi connectivity index (χ1) is 16.8. The van der Waals surface area contributed by atoms with E-state index >= 15 is 0 Å². The van der Waals surface area contributed by atoms with E-state index in [-0.39, 0.29) is 29.7 Å². The minimum Gasteiger partial charge on any atom is -0.378 e. The summed E-state index contributed by atoms with van der Waals surface area (Å²) in [7, 11) is 0. The number of halogens is 2. The lowest BCUT2D eigenvalue weighted by Crippen LogP contribution is -2.66. The third-order valence-corrected chi connectivity index (χ3v) is 9.01. The maximum absolute atomic E-state index is 13.4. The number of benzene rings is 2. The Labute approximate surface area is 209 Å². The van der Waals surface area contributed by atoms with Crippen molar-refractivity contribution in [2.45, 2.75) is 69.7 Å². The number of anilines is 1. The molecule has 0 radical (unpaired) electrons. The number of aliphatic hydroxyl groups excluding tert-OH is 1. The van der Waals surface area contributed by atoms with Crippen molar-refractivity contribution < 1.29 is 14.3 Å². The molecule has 5 nitrogen and oxygen atoms in total. The fraction of sp³-hybridized carbons (Fsp3) is 0.464. The number of nitrogens with one attached hydrogen (secondary N) is 2. The molecule has 1 amide bonds. The number of hydrogen-bond acceptors (Lipinski definition) is 3. The molecular weight excluding hydrogens is 465 g/mol. The van der Waals surface area contributed by atoms with E-state index in [0.29, 0.717) is 18.0 Å². The minimum atomic E-state index is -0.565. The number of amides is 1. The van der Waals surface area contributed by atoms with Crippen LogP contribution in [-0.2, 0) is 4.79 Å². The Bertz CT molecular complexity index is 1240. The number of H-pyrrole nitrogens is 1. The van der Waals surface area contributed by atoms with Crippen molar-refractivity contribution in [3.63, 3.8) is 0 Å². The highest BCUT2D eigenvalue weighted by molar-refractivity contribution is 6.35. The number of aliphatic hydroxyl groups is 1. The number of piperidine rings is 2. The van der Waals surface area contributed by atoms with Crippen LogP contribution < -0.4 is 5.32 Å². The Morgan fingerprint density at radius 1 is 1.20 bits per heavy atom. The molecule has 7 rings (SSSR count). The average Bonchev–Trinajstić information content (AvgIpc) is 3.26. The molecule has 7 heteroatoms. The number of nitrogens with zero attached hydrogens (tertiary/aromatic N) is 1. The Morgan fingerprint density at radius 3 is 2.63 bits per heavy atom. The molecular formula is C28H31ClFN3O2. The quantitative estimate of drug-likeness (QED) is 0.390. The summed E-state index contributed by atoms with van der Waals surface area (Å²) in [6, 6.07) is 12.2. The predicted octanol–water partition coefficient (Wildman–Crippen LogP) is 6.04. The van der Waals surface area contributed by atoms with E-state index in [1.54, 1.807) is 12.1 Å². The van der Waals surface area contributed by atoms with Crippen molar-refractivity contribution in [3.05, 3.63) is 65.1 Å². The first kappa shape index (κ1) is 23.0. The maximum Gasteiger partial charge on any atom is 0.230 e. The van der Waals surface area contributed by atoms with Crippen molar-refractivity contribution >= 4 is 34.1 Å². The van der Waals surface area contributed by atoms with Gasteiger partial charge >= 0.3 is 0 Å². The van der Waals surface area contributed by atoms with E-state index in [1.165, 1.54) is 12.1 Å². The average molecular weight is 496 g/mol. The van der Waals surface area contributed by atoms with Gasteiger partial charge in [0.05, 0.1) is 10.4 Å². The summed E-state index contributed by atoms with van der Waals surface area (Å²) in [5.74, 6) is 0.373. The van der Waals surface area contributed by atoms with Gasteiger partial charge in [-0.1, -0.05) is 24.6 Å². The molecule has 184 valence electrons. The zero-order valence-electron chi connectivity index (χ0n) is 19.8. The fourth-order valence-electron chi connectivity index (χ4n) is 7.34. The molecule has 4 aliphatic rings. The van der Waals surface area contributed by atoms with Crippen LogP contribution in [0.1, 0.15) is 56.9 Å². The molecule has 4 unspecified atom stereocenters. The van der Waals surface area contributed by atoms with Gasteiger partial charge in [0, 0.05) is 34.9 Å². The van der Waals surface area contributed by atoms with Gasteiger partial charge in [0.25, 0.3) is 0 Å². The van der Waals surface area contributed by atoms with Crippen LogP contribution in [0.4, 0.5) is 10.1 Å². The second-order valence-corrected chi connectivity index (χ2v) is 11.4. The summed E-state index contributed by atoms with van der Waals surface area (Å²) in [5.41, 5.74) is 2.37. The van der Waals surface area contributed by atoms with Gasteiger partial charge in [-0.15, -0.1) is 0 Å². The van der Waals surface area contributed by atoms with E-state index in [2.05, 4.69) is 22.1 Å². The van der Waals surface area contributed by atoms with Gasteiger partial charge in [-0.25, -0.2) is 4.39 Å². The van der Waals surface area contributed by atoms with Gasteiger partial charge in [-0.05, 0) is 92.3 Å². The number of carbonyl (C=O) groups excluding carboxylic acids is 1. The molecule has 2 aliphatic heterocycles. The van der Waals surface area contributed by atoms with Crippen molar-refractivity contribution in [1.82, 2.24) is 9.88 Å². The summed E-state index contributed by atoms with van der Waals surface area (Å²) < 4.78 is 13.3. The Kier molecular flexibility index (Phi) is 5.66. The third kappa shape index (κ3) is 3.96. The molecule has 2 aromatic carbocycles. The lowest BCUT2D eigenvalue weighted by molar-refractivity contribution is -0.178. The zero-order chi connectivity index (χ0) is 24.3. The van der Waals surface area contributed by atoms with E-state index in [4.69, 9.17) is 11.6 Å². The monoisotopic (exact) mass is 495 g/mol. The lowest BCUT2D eigenvalue weighted by atomic mass is 9.54. The second-order valence-electron chi connectivity index (χ2n) is 11.0. The number of fused-ring (bicyclic) bond motifs is 1. The SMILES string of the molecule is CC(CC(O)N1C2CC3CC1CC(C(=O)Nc1ccc(F)cc1)(C3)C2)c1c[nH]c2cccc(Cl)c12. The van der Waals surface area contributed by atoms with Crippen molar-refractivity contribution in [2.24, 2.45) is 11.3 Å². The molecule has 2 aliphatic carbocycles. The Morgan fingerprint density at radius 2 is 1.91 bits per heavy atom. The van der Waals surface area contributed by atoms with Gasteiger partial charge < -0.3 is 15.4 Å². The van der Waals surface area contributed by atoms with Crippen molar-refractivity contribution in [2.75, 3.05) is 5.32 Å². The van der Waals surface area contributed by atoms with Crippen molar-refractivity contribution in [3.8, 4) is 0 Å². The first-order valence-electron chi connectivity index (χ1n) is 12.6. The molecule has 35 heavy (non-hydrogen) atoms. The summed E-state index contributed by atoms with van der Waals surface area (Å²) in [6.07, 6.45) is 6.55. The smallest absolute Gasteiger partial charge is 0.230 e. The largest absolute Gasteiger partial charge is 0.378 e. The van der Waals surface area contributed by atoms with Crippen LogP contribution in [0.15, 0.2) is 48.7 Å². The Hall–Kier alpha value is -2.41. The molecule has 4 atom stereocenters. The van der Waals surface area contributed by atoms with Gasteiger partial charge in [0.15, 0.2) is 0 Å². The van der Waals surface area contributed by atoms with Gasteiger partial charge in [0.1, 0.15) is 12.0 Å². The number of aromatic amines is 1. The highest BCUT2D eigenvalue weighted by Crippen LogP contribution is 2.57. The molecule has 0 spiro atoms. The molecule has 3 aromatic rings. The van der Waals surface area contributed by atoms with Crippen LogP contribution >= 0.6 is 11.6 Å². The molecule has 2 saturated carbocycles. The fourth-order valence-corrected chi connectivity index (χ4v) is 7.62. The van der Waals surface area contributed by atoms with E-state index < -0.39 is 11.6 Å². The minimum absolute atomic E-state index is 0.0412. The van der Waals surface area contributed by atoms with Crippen LogP contribution in [0.3, 0.4) is 0 Å². The van der Waals surface area contributed by atoms with Crippen LogP contribution in [-0.4, -0.2) is 39.2 Å². The predicted molar refractivity (Wildman–Crippen MR) is 136 cm³/mol. The number of aromatic nitrogens is 1. The number of rotatable bonds is 6. The van der Waals surface area contributed by atoms with Gasteiger partial charge in [-0.2, -0.15) is 0 Å². The highest BCUT2D eigenvalue weighted by Gasteiger charge is 2.58. The standard InChI is InChI=1S/C28H31ClFN3O2/c1-16(22-15-31-24-4-2-3-23(29)26(22)24)9-25(34)33-20-10-17-11-21(33)14-28(12-17,13-20)27(35)32-19-7-5-18(30)6-8-19/h2-8,15-17,20-21,25,31,34H,9-14H2,1H3,(H,32,35). The summed E-state index contributed by atoms with van der Waals surface area (Å²) in [5, 5.41) is 16.2. The van der Waals surface area contributed by atoms with E-state index in [1.807, 2.05) is 24.4 Å². The van der Waals surface area contributed by atoms with Gasteiger partial charge in [-0.3, -0.25) is 9.69 Å². The van der Waals surface area contributed by atoms with Crippen LogP contribution in [0.25, 0.3) is 10.9 Å². The van der Waals surface area contributed by atoms with E-state index in [9.17, 15) is 14.3 Å². The van der Waals surface area contributed by atoms with Crippen LogP contribution in [0, 0.1) is 17.2 Å². The first-order valence-corrected chi connectivity index (χ1v) is 13.0. The summed E-state index contributed by atoms with van der Waals surface area (Å²) >= 11 is 6.49. The van der Waals surface area contributed by atoms with Crippen LogP contribution in [0.5, 0.6) is 0 Å². The number of hydrogen-bond donors (Lipinski definition) is 3. The normalized spacial score (nSPS) is 29.4. The molecule has 3 N–H and O–H groups in total. The lowest BCUT2D eigenvalue weighted by Gasteiger charge is -2.61. The third-order valence-electron chi connectivity index (χ3n) is 8.69. The molecule has 4 bridgehead atoms.